The fourth-order valence-corrected chi connectivity index (χ4v) is 2.71. The molecule has 22 heavy (non-hydrogen) atoms. The number of aryl methyl sites for hydroxylation is 1. The van der Waals surface area contributed by atoms with Crippen LogP contribution in [0.2, 0.25) is 0 Å². The van der Waals surface area contributed by atoms with Gasteiger partial charge in [0.05, 0.1) is 6.04 Å². The van der Waals surface area contributed by atoms with Crippen LogP contribution in [0, 0.1) is 6.92 Å². The van der Waals surface area contributed by atoms with Gasteiger partial charge in [-0.25, -0.2) is 0 Å². The molecule has 0 unspecified atom stereocenters. The van der Waals surface area contributed by atoms with Crippen molar-refractivity contribution in [3.05, 3.63) is 29.3 Å². The van der Waals surface area contributed by atoms with E-state index in [4.69, 9.17) is 5.73 Å². The van der Waals surface area contributed by atoms with Crippen LogP contribution in [-0.2, 0) is 4.79 Å². The molecule has 1 saturated carbocycles. The molecule has 0 spiro atoms. The van der Waals surface area contributed by atoms with Gasteiger partial charge in [0.2, 0.25) is 5.91 Å². The lowest BCUT2D eigenvalue weighted by Crippen LogP contribution is -2.36. The standard InChI is InChI=1S/C17H25N3O2/c1-11-10-13(8-9-15(11)20-16(21)12(2)18)17(22)19-14-6-4-3-5-7-14/h8-10,12,14H,3-7,18H2,1-2H3,(H,19,22)(H,20,21)/t12-/m0/s1. The average Bonchev–Trinajstić information content (AvgIpc) is 2.50. The Kier molecular flexibility index (Phi) is 5.55. The van der Waals surface area contributed by atoms with Crippen molar-refractivity contribution < 1.29 is 9.59 Å². The molecule has 5 heteroatoms. The van der Waals surface area contributed by atoms with Crippen molar-refractivity contribution in [3.8, 4) is 0 Å². The molecule has 5 nitrogen and oxygen atoms in total. The number of amides is 2. The minimum Gasteiger partial charge on any atom is -0.349 e. The van der Waals surface area contributed by atoms with Gasteiger partial charge in [-0.1, -0.05) is 19.3 Å². The first-order chi connectivity index (χ1) is 10.5. The summed E-state index contributed by atoms with van der Waals surface area (Å²) in [6.07, 6.45) is 5.76. The lowest BCUT2D eigenvalue weighted by molar-refractivity contribution is -0.117. The molecular weight excluding hydrogens is 278 g/mol. The van der Waals surface area contributed by atoms with Crippen LogP contribution < -0.4 is 16.4 Å². The lowest BCUT2D eigenvalue weighted by Gasteiger charge is -2.23. The maximum absolute atomic E-state index is 12.3. The Bertz CT molecular complexity index is 549. The van der Waals surface area contributed by atoms with E-state index in [0.717, 1.165) is 18.4 Å². The SMILES string of the molecule is Cc1cc(C(=O)NC2CCCCC2)ccc1NC(=O)[C@H](C)N. The number of nitrogens with two attached hydrogens (primary N) is 1. The maximum Gasteiger partial charge on any atom is 0.251 e. The number of hydrogen-bond donors (Lipinski definition) is 3. The summed E-state index contributed by atoms with van der Waals surface area (Å²) in [5, 5.41) is 5.86. The van der Waals surface area contributed by atoms with E-state index in [0.29, 0.717) is 17.3 Å². The molecule has 0 heterocycles. The van der Waals surface area contributed by atoms with Crippen LogP contribution in [-0.4, -0.2) is 23.9 Å². The Morgan fingerprint density at radius 3 is 2.50 bits per heavy atom. The summed E-state index contributed by atoms with van der Waals surface area (Å²) in [7, 11) is 0. The molecule has 2 amide bonds. The zero-order valence-corrected chi connectivity index (χ0v) is 13.3. The molecule has 1 fully saturated rings. The second kappa shape index (κ2) is 7.40. The molecule has 0 aromatic heterocycles. The van der Waals surface area contributed by atoms with Crippen LogP contribution in [0.1, 0.15) is 54.9 Å². The quantitative estimate of drug-likeness (QED) is 0.798. The minimum atomic E-state index is -0.561. The summed E-state index contributed by atoms with van der Waals surface area (Å²) in [5.41, 5.74) is 7.71. The molecule has 1 aromatic carbocycles. The van der Waals surface area contributed by atoms with Gasteiger partial charge in [-0.15, -0.1) is 0 Å². The largest absolute Gasteiger partial charge is 0.349 e. The van der Waals surface area contributed by atoms with Gasteiger partial charge in [-0.3, -0.25) is 9.59 Å². The smallest absolute Gasteiger partial charge is 0.251 e. The Morgan fingerprint density at radius 1 is 1.23 bits per heavy atom. The second-order valence-electron chi connectivity index (χ2n) is 6.12. The Labute approximate surface area is 131 Å². The van der Waals surface area contributed by atoms with Crippen LogP contribution in [0.5, 0.6) is 0 Å². The van der Waals surface area contributed by atoms with Gasteiger partial charge in [0.15, 0.2) is 0 Å². The third kappa shape index (κ3) is 4.31. The first-order valence-corrected chi connectivity index (χ1v) is 7.95. The molecule has 120 valence electrons. The molecular formula is C17H25N3O2. The van der Waals surface area contributed by atoms with Crippen LogP contribution >= 0.6 is 0 Å². The van der Waals surface area contributed by atoms with Crippen molar-refractivity contribution in [2.75, 3.05) is 5.32 Å². The molecule has 0 saturated heterocycles. The van der Waals surface area contributed by atoms with Gasteiger partial charge >= 0.3 is 0 Å². The molecule has 0 aliphatic heterocycles. The third-order valence-electron chi connectivity index (χ3n) is 4.10. The second-order valence-corrected chi connectivity index (χ2v) is 6.12. The van der Waals surface area contributed by atoms with Crippen molar-refractivity contribution >= 4 is 17.5 Å². The summed E-state index contributed by atoms with van der Waals surface area (Å²) in [6, 6.07) is 5.02. The number of nitrogens with one attached hydrogen (secondary N) is 2. The first-order valence-electron chi connectivity index (χ1n) is 7.95. The molecule has 1 aromatic rings. The minimum absolute atomic E-state index is 0.0416. The van der Waals surface area contributed by atoms with E-state index >= 15 is 0 Å². The molecule has 1 aliphatic rings. The van der Waals surface area contributed by atoms with Crippen molar-refractivity contribution in [1.29, 1.82) is 0 Å². The van der Waals surface area contributed by atoms with Crippen LogP contribution in [0.3, 0.4) is 0 Å². The fourth-order valence-electron chi connectivity index (χ4n) is 2.71. The fraction of sp³-hybridized carbons (Fsp3) is 0.529. The molecule has 1 aliphatic carbocycles. The summed E-state index contributed by atoms with van der Waals surface area (Å²) in [5.74, 6) is -0.275. The van der Waals surface area contributed by atoms with Gasteiger partial charge < -0.3 is 16.4 Å². The topological polar surface area (TPSA) is 84.2 Å². The lowest BCUT2D eigenvalue weighted by atomic mass is 9.95. The zero-order valence-electron chi connectivity index (χ0n) is 13.3. The number of hydrogen-bond acceptors (Lipinski definition) is 3. The van der Waals surface area contributed by atoms with E-state index in [-0.39, 0.29) is 11.8 Å². The number of carbonyl (C=O) groups is 2. The average molecular weight is 303 g/mol. The first kappa shape index (κ1) is 16.5. The van der Waals surface area contributed by atoms with Crippen LogP contribution in [0.15, 0.2) is 18.2 Å². The van der Waals surface area contributed by atoms with E-state index in [1.807, 2.05) is 6.92 Å². The summed E-state index contributed by atoms with van der Waals surface area (Å²) in [4.78, 5) is 23.9. The van der Waals surface area contributed by atoms with Crippen LogP contribution in [0.4, 0.5) is 5.69 Å². The van der Waals surface area contributed by atoms with Crippen molar-refractivity contribution in [1.82, 2.24) is 5.32 Å². The maximum atomic E-state index is 12.3. The van der Waals surface area contributed by atoms with E-state index in [1.165, 1.54) is 19.3 Å². The normalized spacial score (nSPS) is 16.9. The summed E-state index contributed by atoms with van der Waals surface area (Å²) in [6.45, 7) is 3.50. The molecule has 2 rings (SSSR count). The van der Waals surface area contributed by atoms with Crippen molar-refractivity contribution in [2.24, 2.45) is 5.73 Å². The predicted molar refractivity (Wildman–Crippen MR) is 87.8 cm³/mol. The highest BCUT2D eigenvalue weighted by atomic mass is 16.2. The van der Waals surface area contributed by atoms with E-state index in [2.05, 4.69) is 10.6 Å². The van der Waals surface area contributed by atoms with Gasteiger partial charge in [0, 0.05) is 17.3 Å². The molecule has 4 N–H and O–H groups in total. The van der Waals surface area contributed by atoms with Gasteiger partial charge in [0.25, 0.3) is 5.91 Å². The van der Waals surface area contributed by atoms with E-state index < -0.39 is 6.04 Å². The predicted octanol–water partition coefficient (Wildman–Crippen LogP) is 2.34. The van der Waals surface area contributed by atoms with Crippen molar-refractivity contribution in [2.45, 2.75) is 58.0 Å². The van der Waals surface area contributed by atoms with Gasteiger partial charge in [-0.2, -0.15) is 0 Å². The third-order valence-corrected chi connectivity index (χ3v) is 4.10. The Balaban J connectivity index is 2.01. The number of anilines is 1. The molecule has 0 bridgehead atoms. The molecule has 0 radical (unpaired) electrons. The highest BCUT2D eigenvalue weighted by Gasteiger charge is 2.17. The number of rotatable bonds is 4. The van der Waals surface area contributed by atoms with Gasteiger partial charge in [0.1, 0.15) is 0 Å². The Morgan fingerprint density at radius 2 is 1.91 bits per heavy atom. The van der Waals surface area contributed by atoms with Crippen molar-refractivity contribution in [3.63, 3.8) is 0 Å². The van der Waals surface area contributed by atoms with E-state index in [1.54, 1.807) is 25.1 Å². The monoisotopic (exact) mass is 303 g/mol. The number of carbonyl (C=O) groups excluding carboxylic acids is 2. The Hall–Kier alpha value is -1.88. The molecule has 1 atom stereocenters. The van der Waals surface area contributed by atoms with Gasteiger partial charge in [-0.05, 0) is 50.5 Å². The highest BCUT2D eigenvalue weighted by molar-refractivity contribution is 5.97. The summed E-state index contributed by atoms with van der Waals surface area (Å²) < 4.78 is 0. The van der Waals surface area contributed by atoms with Crippen LogP contribution in [0.25, 0.3) is 0 Å². The number of benzene rings is 1. The zero-order chi connectivity index (χ0) is 16.1. The van der Waals surface area contributed by atoms with E-state index in [9.17, 15) is 9.59 Å². The summed E-state index contributed by atoms with van der Waals surface area (Å²) >= 11 is 0. The highest BCUT2D eigenvalue weighted by Crippen LogP contribution is 2.20.